The molecule has 1 N–H and O–H groups in total. The van der Waals surface area contributed by atoms with Gasteiger partial charge in [0.25, 0.3) is 0 Å². The van der Waals surface area contributed by atoms with Gasteiger partial charge in [-0.3, -0.25) is 4.31 Å². The molecule has 4 aliphatic rings. The van der Waals surface area contributed by atoms with E-state index in [1.165, 1.54) is 12.1 Å². The first kappa shape index (κ1) is 16.7. The van der Waals surface area contributed by atoms with Gasteiger partial charge < -0.3 is 5.32 Å². The predicted molar refractivity (Wildman–Crippen MR) is 84.2 cm³/mol. The largest absolute Gasteiger partial charge is 0.417 e. The van der Waals surface area contributed by atoms with Crippen LogP contribution < -0.4 is 9.62 Å². The lowest BCUT2D eigenvalue weighted by Gasteiger charge is -2.44. The number of fused-ring (bicyclic) bond motifs is 2. The summed E-state index contributed by atoms with van der Waals surface area (Å²) >= 11 is 0. The minimum atomic E-state index is -4.71. The molecule has 5 rings (SSSR count). The van der Waals surface area contributed by atoms with Gasteiger partial charge in [0.15, 0.2) is 0 Å². The molecule has 9 heteroatoms. The maximum atomic E-state index is 13.2. The van der Waals surface area contributed by atoms with Crippen molar-refractivity contribution in [3.63, 3.8) is 0 Å². The fraction of sp³-hybridized carbons (Fsp3) is 0.562. The number of nitrogens with zero attached hydrogens (tertiary/aromatic N) is 2. The van der Waals surface area contributed by atoms with Crippen molar-refractivity contribution in [2.45, 2.75) is 30.3 Å². The van der Waals surface area contributed by atoms with Crippen LogP contribution >= 0.6 is 0 Å². The molecule has 5 nitrogen and oxygen atoms in total. The van der Waals surface area contributed by atoms with Crippen LogP contribution in [0.5, 0.6) is 0 Å². The number of benzene rings is 1. The number of sulfonamides is 1. The molecule has 0 radical (unpaired) electrons. The van der Waals surface area contributed by atoms with Crippen LogP contribution in [0.4, 0.5) is 18.9 Å². The van der Waals surface area contributed by atoms with Gasteiger partial charge in [0.2, 0.25) is 10.0 Å². The molecule has 2 bridgehead atoms. The first-order valence-electron chi connectivity index (χ1n) is 8.10. The monoisotopic (exact) mass is 371 g/mol. The van der Waals surface area contributed by atoms with Crippen molar-refractivity contribution in [2.24, 2.45) is 11.8 Å². The number of hydrogen-bond acceptors (Lipinski definition) is 4. The molecule has 1 aromatic rings. The van der Waals surface area contributed by atoms with Crippen molar-refractivity contribution in [2.75, 3.05) is 17.4 Å². The van der Waals surface area contributed by atoms with Crippen LogP contribution in [0.2, 0.25) is 0 Å². The van der Waals surface area contributed by atoms with E-state index in [0.717, 1.165) is 29.3 Å². The highest BCUT2D eigenvalue weighted by molar-refractivity contribution is 7.93. The Morgan fingerprint density at radius 1 is 1.28 bits per heavy atom. The van der Waals surface area contributed by atoms with Crippen molar-refractivity contribution in [1.29, 1.82) is 5.26 Å². The van der Waals surface area contributed by atoms with E-state index < -0.39 is 32.6 Å². The Kier molecular flexibility index (Phi) is 3.57. The fourth-order valence-corrected chi connectivity index (χ4v) is 7.05. The third-order valence-electron chi connectivity index (χ3n) is 5.64. The first-order chi connectivity index (χ1) is 11.7. The Balaban J connectivity index is 1.77. The lowest BCUT2D eigenvalue weighted by Crippen LogP contribution is -2.58. The maximum absolute atomic E-state index is 13.2. The summed E-state index contributed by atoms with van der Waals surface area (Å²) in [6.07, 6.45) is -2.98. The summed E-state index contributed by atoms with van der Waals surface area (Å²) in [7, 11) is -3.71. The van der Waals surface area contributed by atoms with E-state index in [2.05, 4.69) is 5.32 Å². The summed E-state index contributed by atoms with van der Waals surface area (Å²) in [5.41, 5.74) is -1.62. The molecule has 4 fully saturated rings. The number of halogens is 3. The second-order valence-corrected chi connectivity index (χ2v) is 8.91. The SMILES string of the molecule is N#Cc1ccc(N2C[C@H]3[C@H]([C@@H]4CC[C@H]3NC4)S2(=O)=O)cc1C(F)(F)F. The van der Waals surface area contributed by atoms with Gasteiger partial charge in [0.1, 0.15) is 0 Å². The van der Waals surface area contributed by atoms with Crippen LogP contribution in [0.15, 0.2) is 18.2 Å². The van der Waals surface area contributed by atoms with Crippen LogP contribution in [0, 0.1) is 23.2 Å². The maximum Gasteiger partial charge on any atom is 0.417 e. The van der Waals surface area contributed by atoms with Crippen molar-refractivity contribution in [3.05, 3.63) is 29.3 Å². The number of alkyl halides is 3. The van der Waals surface area contributed by atoms with E-state index in [4.69, 9.17) is 5.26 Å². The summed E-state index contributed by atoms with van der Waals surface area (Å²) in [5, 5.41) is 11.7. The lowest BCUT2D eigenvalue weighted by atomic mass is 9.73. The summed E-state index contributed by atoms with van der Waals surface area (Å²) in [6.45, 7) is 0.824. The van der Waals surface area contributed by atoms with Crippen LogP contribution in [0.1, 0.15) is 24.0 Å². The van der Waals surface area contributed by atoms with E-state index in [1.807, 2.05) is 0 Å². The molecule has 1 aliphatic carbocycles. The van der Waals surface area contributed by atoms with E-state index in [-0.39, 0.29) is 30.1 Å². The molecule has 134 valence electrons. The zero-order valence-corrected chi connectivity index (χ0v) is 13.9. The molecule has 3 heterocycles. The Labute approximate surface area is 143 Å². The van der Waals surface area contributed by atoms with E-state index in [9.17, 15) is 21.6 Å². The number of hydrogen-bond donors (Lipinski definition) is 1. The second-order valence-electron chi connectivity index (χ2n) is 6.90. The standard InChI is InChI=1S/C16H16F3N3O2S/c17-16(18,19)13-5-11(3-1-9(13)6-20)22-8-12-14-4-2-10(7-21-14)15(12)25(22,23)24/h1,3,5,10,12,14-15,21H,2,4,7-8H2/t10-,12-,14-,15+/m1/s1. The summed E-state index contributed by atoms with van der Waals surface area (Å²) < 4.78 is 66.7. The van der Waals surface area contributed by atoms with Gasteiger partial charge in [-0.2, -0.15) is 18.4 Å². The summed E-state index contributed by atoms with van der Waals surface area (Å²) in [4.78, 5) is 0. The Hall–Kier alpha value is -1.79. The Bertz CT molecular complexity index is 854. The number of nitriles is 1. The highest BCUT2D eigenvalue weighted by Gasteiger charge is 2.57. The molecule has 0 unspecified atom stereocenters. The Morgan fingerprint density at radius 2 is 2.04 bits per heavy atom. The molecule has 0 aromatic heterocycles. The molecule has 1 saturated carbocycles. The van der Waals surface area contributed by atoms with E-state index in [1.54, 1.807) is 0 Å². The van der Waals surface area contributed by atoms with Crippen LogP contribution in [-0.2, 0) is 16.2 Å². The van der Waals surface area contributed by atoms with Gasteiger partial charge in [-0.25, -0.2) is 8.42 Å². The molecule has 1 aromatic carbocycles. The first-order valence-corrected chi connectivity index (χ1v) is 9.60. The normalized spacial score (nSPS) is 33.1. The summed E-state index contributed by atoms with van der Waals surface area (Å²) in [5.74, 6) is -0.104. The van der Waals surface area contributed by atoms with Gasteiger partial charge in [0, 0.05) is 18.5 Å². The molecule has 0 spiro atoms. The van der Waals surface area contributed by atoms with Crippen molar-refractivity contribution >= 4 is 15.7 Å². The van der Waals surface area contributed by atoms with Crippen molar-refractivity contribution < 1.29 is 21.6 Å². The van der Waals surface area contributed by atoms with Crippen LogP contribution in [0.25, 0.3) is 0 Å². The minimum Gasteiger partial charge on any atom is -0.313 e. The third kappa shape index (κ3) is 2.42. The highest BCUT2D eigenvalue weighted by Crippen LogP contribution is 2.46. The minimum absolute atomic E-state index is 0.00506. The number of anilines is 1. The van der Waals surface area contributed by atoms with E-state index in [0.29, 0.717) is 6.54 Å². The zero-order valence-electron chi connectivity index (χ0n) is 13.1. The molecule has 0 amide bonds. The lowest BCUT2D eigenvalue weighted by molar-refractivity contribution is -0.137. The smallest absolute Gasteiger partial charge is 0.313 e. The predicted octanol–water partition coefficient (Wildman–Crippen LogP) is 2.09. The summed E-state index contributed by atoms with van der Waals surface area (Å²) in [6, 6.07) is 4.72. The van der Waals surface area contributed by atoms with Gasteiger partial charge in [-0.05, 0) is 43.5 Å². The quantitative estimate of drug-likeness (QED) is 0.821. The van der Waals surface area contributed by atoms with E-state index >= 15 is 0 Å². The zero-order chi connectivity index (χ0) is 18.0. The van der Waals surface area contributed by atoms with Gasteiger partial charge in [-0.15, -0.1) is 0 Å². The molecule has 3 aliphatic heterocycles. The Morgan fingerprint density at radius 3 is 2.60 bits per heavy atom. The average molecular weight is 371 g/mol. The van der Waals surface area contributed by atoms with Gasteiger partial charge in [-0.1, -0.05) is 0 Å². The van der Waals surface area contributed by atoms with Gasteiger partial charge >= 0.3 is 6.18 Å². The van der Waals surface area contributed by atoms with Crippen molar-refractivity contribution in [1.82, 2.24) is 5.32 Å². The van der Waals surface area contributed by atoms with Crippen molar-refractivity contribution in [3.8, 4) is 6.07 Å². The number of rotatable bonds is 1. The highest BCUT2D eigenvalue weighted by atomic mass is 32.2. The number of piperidine rings is 2. The third-order valence-corrected chi connectivity index (χ3v) is 8.04. The fourth-order valence-electron chi connectivity index (χ4n) is 4.53. The van der Waals surface area contributed by atoms with Crippen LogP contribution in [0.3, 0.4) is 0 Å². The molecule has 25 heavy (non-hydrogen) atoms. The number of nitrogens with one attached hydrogen (secondary N) is 1. The molecule has 4 atom stereocenters. The molecular weight excluding hydrogens is 355 g/mol. The van der Waals surface area contributed by atoms with Gasteiger partial charge in [0.05, 0.1) is 28.1 Å². The topological polar surface area (TPSA) is 73.2 Å². The molecule has 3 saturated heterocycles. The van der Waals surface area contributed by atoms with Crippen LogP contribution in [-0.4, -0.2) is 32.8 Å². The molecular formula is C16H16F3N3O2S. The second kappa shape index (κ2) is 5.35. The average Bonchev–Trinajstić information content (AvgIpc) is 2.88.